The fourth-order valence-electron chi connectivity index (χ4n) is 2.85. The molecule has 1 heteroatoms. The van der Waals surface area contributed by atoms with Gasteiger partial charge in [-0.25, -0.2) is 0 Å². The van der Waals surface area contributed by atoms with Crippen LogP contribution < -0.4 is 5.32 Å². The van der Waals surface area contributed by atoms with Crippen LogP contribution in [0.25, 0.3) is 0 Å². The van der Waals surface area contributed by atoms with E-state index in [9.17, 15) is 0 Å². The average molecular weight is 255 g/mol. The molecular formula is C17H37N. The Labute approximate surface area is 116 Å². The fraction of sp³-hybridized carbons (Fsp3) is 1.00. The number of unbranched alkanes of at least 4 members (excludes halogenated alkanes) is 1. The third kappa shape index (κ3) is 9.94. The number of rotatable bonds is 13. The molecule has 0 rings (SSSR count). The quantitative estimate of drug-likeness (QED) is 0.426. The van der Waals surface area contributed by atoms with Crippen molar-refractivity contribution in [3.63, 3.8) is 0 Å². The predicted molar refractivity (Wildman–Crippen MR) is 84.1 cm³/mol. The molecule has 0 fully saturated rings. The summed E-state index contributed by atoms with van der Waals surface area (Å²) in [6.07, 6.45) is 13.7. The van der Waals surface area contributed by atoms with E-state index in [0.29, 0.717) is 0 Å². The summed E-state index contributed by atoms with van der Waals surface area (Å²) >= 11 is 0. The van der Waals surface area contributed by atoms with Crippen molar-refractivity contribution in [2.24, 2.45) is 5.92 Å². The molecule has 0 radical (unpaired) electrons. The Morgan fingerprint density at radius 3 is 1.89 bits per heavy atom. The van der Waals surface area contributed by atoms with E-state index in [1.165, 1.54) is 70.8 Å². The van der Waals surface area contributed by atoms with Gasteiger partial charge in [-0.1, -0.05) is 66.2 Å². The molecule has 0 aromatic carbocycles. The maximum absolute atomic E-state index is 3.74. The maximum atomic E-state index is 3.74. The third-order valence-electron chi connectivity index (χ3n) is 4.01. The predicted octanol–water partition coefficient (Wildman–Crippen LogP) is 5.54. The lowest BCUT2D eigenvalue weighted by atomic mass is 9.93. The standard InChI is InChI=1S/C17H37N/c1-5-9-14-17(8-4)18-15-10-13-16(11-6-2)12-7-3/h16-18H,5-15H2,1-4H3/t17-/m1/s1. The molecule has 110 valence electrons. The number of nitrogens with one attached hydrogen (secondary N) is 1. The van der Waals surface area contributed by atoms with Crippen LogP contribution in [0.15, 0.2) is 0 Å². The first-order chi connectivity index (χ1) is 8.78. The monoisotopic (exact) mass is 255 g/mol. The van der Waals surface area contributed by atoms with E-state index in [4.69, 9.17) is 0 Å². The molecule has 1 N–H and O–H groups in total. The molecule has 0 unspecified atom stereocenters. The van der Waals surface area contributed by atoms with E-state index in [1.54, 1.807) is 0 Å². The molecule has 0 bridgehead atoms. The van der Waals surface area contributed by atoms with Crippen LogP contribution in [0.2, 0.25) is 0 Å². The highest BCUT2D eigenvalue weighted by molar-refractivity contribution is 4.66. The van der Waals surface area contributed by atoms with E-state index >= 15 is 0 Å². The van der Waals surface area contributed by atoms with Crippen molar-refractivity contribution in [3.05, 3.63) is 0 Å². The largest absolute Gasteiger partial charge is 0.314 e. The molecule has 0 saturated carbocycles. The van der Waals surface area contributed by atoms with Gasteiger partial charge in [-0.2, -0.15) is 0 Å². The van der Waals surface area contributed by atoms with Gasteiger partial charge in [0.05, 0.1) is 0 Å². The smallest absolute Gasteiger partial charge is 0.00644 e. The third-order valence-corrected chi connectivity index (χ3v) is 4.01. The van der Waals surface area contributed by atoms with Crippen LogP contribution in [0.5, 0.6) is 0 Å². The summed E-state index contributed by atoms with van der Waals surface area (Å²) in [6.45, 7) is 10.5. The Bertz CT molecular complexity index is 150. The Balaban J connectivity index is 3.60. The first kappa shape index (κ1) is 18.0. The lowest BCUT2D eigenvalue weighted by molar-refractivity contribution is 0.379. The Morgan fingerprint density at radius 2 is 1.39 bits per heavy atom. The highest BCUT2D eigenvalue weighted by atomic mass is 14.9. The van der Waals surface area contributed by atoms with Crippen molar-refractivity contribution >= 4 is 0 Å². The van der Waals surface area contributed by atoms with E-state index in [2.05, 4.69) is 33.0 Å². The van der Waals surface area contributed by atoms with Gasteiger partial charge in [0.2, 0.25) is 0 Å². The van der Waals surface area contributed by atoms with Crippen LogP contribution in [0, 0.1) is 5.92 Å². The van der Waals surface area contributed by atoms with Crippen LogP contribution in [0.4, 0.5) is 0 Å². The summed E-state index contributed by atoms with van der Waals surface area (Å²) in [6, 6.07) is 0.765. The first-order valence-electron chi connectivity index (χ1n) is 8.51. The van der Waals surface area contributed by atoms with Crippen molar-refractivity contribution in [1.82, 2.24) is 5.32 Å². The second-order valence-corrected chi connectivity index (χ2v) is 5.79. The topological polar surface area (TPSA) is 12.0 Å². The van der Waals surface area contributed by atoms with Crippen molar-refractivity contribution in [2.75, 3.05) is 6.54 Å². The van der Waals surface area contributed by atoms with E-state index in [1.807, 2.05) is 0 Å². The second-order valence-electron chi connectivity index (χ2n) is 5.79. The average Bonchev–Trinajstić information content (AvgIpc) is 2.38. The number of hydrogen-bond acceptors (Lipinski definition) is 1. The molecule has 18 heavy (non-hydrogen) atoms. The molecular weight excluding hydrogens is 218 g/mol. The normalized spacial score (nSPS) is 13.2. The van der Waals surface area contributed by atoms with E-state index < -0.39 is 0 Å². The van der Waals surface area contributed by atoms with Crippen LogP contribution in [-0.2, 0) is 0 Å². The van der Waals surface area contributed by atoms with Crippen molar-refractivity contribution < 1.29 is 0 Å². The molecule has 0 heterocycles. The van der Waals surface area contributed by atoms with Crippen LogP contribution >= 0.6 is 0 Å². The van der Waals surface area contributed by atoms with E-state index in [0.717, 1.165) is 12.0 Å². The molecule has 0 amide bonds. The Morgan fingerprint density at radius 1 is 0.722 bits per heavy atom. The van der Waals surface area contributed by atoms with Gasteiger partial charge in [-0.3, -0.25) is 0 Å². The van der Waals surface area contributed by atoms with Gasteiger partial charge in [0, 0.05) is 6.04 Å². The molecule has 1 atom stereocenters. The zero-order valence-corrected chi connectivity index (χ0v) is 13.4. The lowest BCUT2D eigenvalue weighted by Gasteiger charge is -2.18. The van der Waals surface area contributed by atoms with Gasteiger partial charge < -0.3 is 5.32 Å². The highest BCUT2D eigenvalue weighted by Crippen LogP contribution is 2.19. The fourth-order valence-corrected chi connectivity index (χ4v) is 2.85. The van der Waals surface area contributed by atoms with Gasteiger partial charge in [0.15, 0.2) is 0 Å². The first-order valence-corrected chi connectivity index (χ1v) is 8.51. The molecule has 1 nitrogen and oxygen atoms in total. The van der Waals surface area contributed by atoms with Gasteiger partial charge in [-0.15, -0.1) is 0 Å². The van der Waals surface area contributed by atoms with Crippen LogP contribution in [0.1, 0.15) is 91.9 Å². The summed E-state index contributed by atoms with van der Waals surface area (Å²) in [5.41, 5.74) is 0. The highest BCUT2D eigenvalue weighted by Gasteiger charge is 2.08. The minimum atomic E-state index is 0.765. The molecule has 0 aliphatic carbocycles. The lowest BCUT2D eigenvalue weighted by Crippen LogP contribution is -2.29. The molecule has 0 aliphatic heterocycles. The minimum absolute atomic E-state index is 0.765. The summed E-state index contributed by atoms with van der Waals surface area (Å²) in [7, 11) is 0. The molecule has 0 spiro atoms. The van der Waals surface area contributed by atoms with Gasteiger partial charge in [-0.05, 0) is 38.1 Å². The van der Waals surface area contributed by atoms with Crippen LogP contribution in [0.3, 0.4) is 0 Å². The molecule has 0 aliphatic rings. The summed E-state index contributed by atoms with van der Waals surface area (Å²) in [4.78, 5) is 0. The van der Waals surface area contributed by atoms with Crippen molar-refractivity contribution in [3.8, 4) is 0 Å². The zero-order chi connectivity index (χ0) is 13.6. The Hall–Kier alpha value is -0.0400. The van der Waals surface area contributed by atoms with Gasteiger partial charge in [0.25, 0.3) is 0 Å². The zero-order valence-electron chi connectivity index (χ0n) is 13.4. The van der Waals surface area contributed by atoms with Crippen molar-refractivity contribution in [1.29, 1.82) is 0 Å². The van der Waals surface area contributed by atoms with E-state index in [-0.39, 0.29) is 0 Å². The van der Waals surface area contributed by atoms with Gasteiger partial charge >= 0.3 is 0 Å². The SMILES string of the molecule is CCCC[C@@H](CC)NCCCC(CCC)CCC. The Kier molecular flexibility index (Phi) is 13.4. The van der Waals surface area contributed by atoms with Gasteiger partial charge in [0.1, 0.15) is 0 Å². The minimum Gasteiger partial charge on any atom is -0.314 e. The summed E-state index contributed by atoms with van der Waals surface area (Å²) in [5, 5.41) is 3.74. The summed E-state index contributed by atoms with van der Waals surface area (Å²) in [5.74, 6) is 0.984. The maximum Gasteiger partial charge on any atom is 0.00644 e. The molecule has 0 saturated heterocycles. The van der Waals surface area contributed by atoms with Crippen molar-refractivity contribution in [2.45, 2.75) is 97.9 Å². The summed E-state index contributed by atoms with van der Waals surface area (Å²) < 4.78 is 0. The molecule has 0 aromatic rings. The second kappa shape index (κ2) is 13.4. The number of hydrogen-bond donors (Lipinski definition) is 1. The van der Waals surface area contributed by atoms with Crippen LogP contribution in [-0.4, -0.2) is 12.6 Å². The molecule has 0 aromatic heterocycles.